The number of hydrogen-bond acceptors (Lipinski definition) is 2. The minimum absolute atomic E-state index is 0.0276. The molecule has 1 heterocycles. The van der Waals surface area contributed by atoms with Crippen molar-refractivity contribution in [3.63, 3.8) is 0 Å². The number of para-hydroxylation sites is 2. The molecule has 6 unspecified atom stereocenters. The zero-order valence-corrected chi connectivity index (χ0v) is 32.2. The molecule has 2 heteroatoms. The van der Waals surface area contributed by atoms with Crippen molar-refractivity contribution in [2.24, 2.45) is 29.1 Å². The molecule has 5 aromatic carbocycles. The lowest BCUT2D eigenvalue weighted by Gasteiger charge is -2.77. The summed E-state index contributed by atoms with van der Waals surface area (Å²) in [7, 11) is 0. The number of benzene rings is 5. The molecule has 53 heavy (non-hydrogen) atoms. The lowest BCUT2D eigenvalue weighted by Crippen LogP contribution is -2.74. The number of hydrogen-bond donors (Lipinski definition) is 0. The maximum atomic E-state index is 7.34. The maximum Gasteiger partial charge on any atom is 0.155 e. The molecule has 5 aromatic rings. The van der Waals surface area contributed by atoms with Crippen LogP contribution in [0.5, 0.6) is 11.5 Å². The molecule has 4 fully saturated rings. The molecule has 2 bridgehead atoms. The summed E-state index contributed by atoms with van der Waals surface area (Å²) in [4.78, 5) is 2.63. The van der Waals surface area contributed by atoms with Gasteiger partial charge in [-0.3, -0.25) is 0 Å². The van der Waals surface area contributed by atoms with Gasteiger partial charge in [-0.15, -0.1) is 0 Å². The number of fused-ring (bicyclic) bond motifs is 11. The summed E-state index contributed by atoms with van der Waals surface area (Å²) in [6.07, 6.45) is 8.06. The van der Waals surface area contributed by atoms with Gasteiger partial charge in [-0.1, -0.05) is 114 Å². The zero-order valence-electron chi connectivity index (χ0n) is 32.2. The van der Waals surface area contributed by atoms with Crippen LogP contribution in [0.15, 0.2) is 103 Å². The Morgan fingerprint density at radius 3 is 2.09 bits per heavy atom. The first-order valence-electron chi connectivity index (χ1n) is 20.6. The second kappa shape index (κ2) is 9.67. The van der Waals surface area contributed by atoms with Crippen molar-refractivity contribution in [2.75, 3.05) is 4.90 Å². The summed E-state index contributed by atoms with van der Waals surface area (Å²) < 4.78 is 7.34. The number of nitrogens with zero attached hydrogens (tertiary/aromatic N) is 1. The van der Waals surface area contributed by atoms with E-state index < -0.39 is 0 Å². The smallest absolute Gasteiger partial charge is 0.155 e. The molecular formula is C51H51NO. The summed E-state index contributed by atoms with van der Waals surface area (Å²) in [5.74, 6) is 5.45. The van der Waals surface area contributed by atoms with E-state index in [0.717, 1.165) is 29.8 Å². The van der Waals surface area contributed by atoms with Crippen LogP contribution in [0.4, 0.5) is 17.1 Å². The van der Waals surface area contributed by atoms with E-state index in [1.807, 2.05) is 0 Å². The fourth-order valence-electron chi connectivity index (χ4n) is 14.4. The monoisotopic (exact) mass is 693 g/mol. The molecule has 2 nitrogen and oxygen atoms in total. The quantitative estimate of drug-likeness (QED) is 0.186. The summed E-state index contributed by atoms with van der Waals surface area (Å²) in [6, 6.07) is 39.8. The number of rotatable bonds is 3. The molecule has 4 saturated carbocycles. The van der Waals surface area contributed by atoms with Gasteiger partial charge >= 0.3 is 0 Å². The third kappa shape index (κ3) is 3.50. The van der Waals surface area contributed by atoms with Gasteiger partial charge in [-0.2, -0.15) is 0 Å². The summed E-state index contributed by atoms with van der Waals surface area (Å²) >= 11 is 0. The van der Waals surface area contributed by atoms with E-state index in [2.05, 4.69) is 150 Å². The molecular weight excluding hydrogens is 643 g/mol. The van der Waals surface area contributed by atoms with E-state index in [4.69, 9.17) is 4.74 Å². The molecule has 12 rings (SSSR count). The van der Waals surface area contributed by atoms with Gasteiger partial charge in [0.25, 0.3) is 0 Å². The van der Waals surface area contributed by atoms with Crippen molar-refractivity contribution in [1.82, 2.24) is 0 Å². The molecule has 0 amide bonds. The van der Waals surface area contributed by atoms with E-state index in [1.165, 1.54) is 93.7 Å². The number of ether oxygens (including phenoxy) is 1. The van der Waals surface area contributed by atoms with Crippen LogP contribution >= 0.6 is 0 Å². The Morgan fingerprint density at radius 2 is 1.26 bits per heavy atom. The van der Waals surface area contributed by atoms with Crippen LogP contribution in [0.3, 0.4) is 0 Å². The highest BCUT2D eigenvalue weighted by Crippen LogP contribution is 2.89. The van der Waals surface area contributed by atoms with Crippen molar-refractivity contribution < 1.29 is 4.74 Å². The first-order valence-corrected chi connectivity index (χ1v) is 20.6. The second-order valence-electron chi connectivity index (χ2n) is 20.0. The van der Waals surface area contributed by atoms with Gasteiger partial charge in [-0.25, -0.2) is 0 Å². The van der Waals surface area contributed by atoms with Crippen LogP contribution in [-0.4, -0.2) is 0 Å². The Labute approximate surface area is 315 Å². The third-order valence-corrected chi connectivity index (χ3v) is 16.6. The SMILES string of the molecule is CC1(C)CCC(C)(C)c2c(N(c3ccc4c(c3)C(C)(C)c3ccccc3-4)c3cccc4c3Oc3ccccc3C43C4CC5CC6CC3C64C5)cccc21. The van der Waals surface area contributed by atoms with Crippen LogP contribution in [-0.2, 0) is 21.7 Å². The van der Waals surface area contributed by atoms with Crippen molar-refractivity contribution in [1.29, 1.82) is 0 Å². The largest absolute Gasteiger partial charge is 0.455 e. The molecule has 1 aliphatic heterocycles. The van der Waals surface area contributed by atoms with E-state index in [1.54, 1.807) is 0 Å². The highest BCUT2D eigenvalue weighted by molar-refractivity contribution is 5.89. The van der Waals surface area contributed by atoms with E-state index in [-0.39, 0.29) is 21.7 Å². The number of anilines is 3. The van der Waals surface area contributed by atoms with E-state index in [0.29, 0.717) is 17.3 Å². The van der Waals surface area contributed by atoms with Gasteiger partial charge in [0, 0.05) is 27.6 Å². The third-order valence-electron chi connectivity index (χ3n) is 16.6. The van der Waals surface area contributed by atoms with Gasteiger partial charge in [0.15, 0.2) is 5.75 Å². The molecule has 2 spiro atoms. The standard InChI is InChI=1S/C51H51NO/c1-47(2)23-24-48(3,4)45-37(47)16-11-18-40(45)52(32-21-22-34-33-13-7-8-14-35(33)49(5,6)39(34)28-32)41-19-12-17-38-46(41)53-42-20-10-9-15-36(42)51(38)43-26-30-25-31-27-44(51)50(31,43)29-30/h7-22,28,30-31,43-44H,23-27,29H2,1-6H3. The molecule has 7 aliphatic rings. The summed E-state index contributed by atoms with van der Waals surface area (Å²) in [6.45, 7) is 14.7. The van der Waals surface area contributed by atoms with Crippen LogP contribution in [0, 0.1) is 29.1 Å². The topological polar surface area (TPSA) is 12.5 Å². The highest BCUT2D eigenvalue weighted by atomic mass is 16.5. The normalized spacial score (nSPS) is 31.5. The predicted molar refractivity (Wildman–Crippen MR) is 216 cm³/mol. The summed E-state index contributed by atoms with van der Waals surface area (Å²) in [5, 5.41) is 0. The van der Waals surface area contributed by atoms with Gasteiger partial charge in [0.05, 0.1) is 11.4 Å². The van der Waals surface area contributed by atoms with Crippen molar-refractivity contribution in [3.05, 3.63) is 137 Å². The average molecular weight is 694 g/mol. The fourth-order valence-corrected chi connectivity index (χ4v) is 14.4. The van der Waals surface area contributed by atoms with Crippen LogP contribution in [0.1, 0.15) is 113 Å². The Hall–Kier alpha value is -4.30. The lowest BCUT2D eigenvalue weighted by molar-refractivity contribution is -0.235. The first-order chi connectivity index (χ1) is 25.5. The van der Waals surface area contributed by atoms with Gasteiger partial charge in [0.1, 0.15) is 5.75 Å². The highest BCUT2D eigenvalue weighted by Gasteiger charge is 2.84. The van der Waals surface area contributed by atoms with E-state index >= 15 is 0 Å². The van der Waals surface area contributed by atoms with Crippen molar-refractivity contribution in [3.8, 4) is 22.6 Å². The molecule has 0 saturated heterocycles. The van der Waals surface area contributed by atoms with E-state index in [9.17, 15) is 0 Å². The Kier molecular flexibility index (Phi) is 5.67. The minimum atomic E-state index is -0.0939. The minimum Gasteiger partial charge on any atom is -0.455 e. The van der Waals surface area contributed by atoms with Crippen LogP contribution < -0.4 is 9.64 Å². The van der Waals surface area contributed by atoms with Gasteiger partial charge in [0.2, 0.25) is 0 Å². The Morgan fingerprint density at radius 1 is 0.585 bits per heavy atom. The zero-order chi connectivity index (χ0) is 35.9. The fraction of sp³-hybridized carbons (Fsp3) is 0.412. The molecule has 0 radical (unpaired) electrons. The molecule has 0 aromatic heterocycles. The molecule has 0 N–H and O–H groups in total. The Balaban J connectivity index is 1.13. The summed E-state index contributed by atoms with van der Waals surface area (Å²) in [5.41, 5.74) is 15.8. The Bertz CT molecular complexity index is 2430. The molecule has 6 atom stereocenters. The van der Waals surface area contributed by atoms with Crippen molar-refractivity contribution >= 4 is 17.1 Å². The van der Waals surface area contributed by atoms with Crippen molar-refractivity contribution in [2.45, 2.75) is 102 Å². The molecule has 6 aliphatic carbocycles. The average Bonchev–Trinajstić information content (AvgIpc) is 3.76. The van der Waals surface area contributed by atoms with Gasteiger partial charge < -0.3 is 9.64 Å². The van der Waals surface area contributed by atoms with Gasteiger partial charge in [-0.05, 0) is 142 Å². The predicted octanol–water partition coefficient (Wildman–Crippen LogP) is 13.3. The van der Waals surface area contributed by atoms with Crippen LogP contribution in [0.2, 0.25) is 0 Å². The van der Waals surface area contributed by atoms with Crippen LogP contribution in [0.25, 0.3) is 11.1 Å². The maximum absolute atomic E-state index is 7.34. The lowest BCUT2D eigenvalue weighted by atomic mass is 9.26. The first kappa shape index (κ1) is 31.1. The second-order valence-corrected chi connectivity index (χ2v) is 20.0. The molecule has 266 valence electrons.